The van der Waals surface area contributed by atoms with Gasteiger partial charge in [0, 0.05) is 23.0 Å². The molecule has 1 amide bonds. The van der Waals surface area contributed by atoms with Crippen molar-refractivity contribution in [3.63, 3.8) is 0 Å². The van der Waals surface area contributed by atoms with Gasteiger partial charge in [-0.2, -0.15) is 0 Å². The zero-order valence-electron chi connectivity index (χ0n) is 13.0. The number of halogens is 1. The third-order valence-corrected chi connectivity index (χ3v) is 4.46. The van der Waals surface area contributed by atoms with Gasteiger partial charge >= 0.3 is 5.97 Å². The van der Waals surface area contributed by atoms with Gasteiger partial charge in [-0.25, -0.2) is 0 Å². The van der Waals surface area contributed by atoms with E-state index in [9.17, 15) is 9.59 Å². The number of carboxylic acid groups (broad SMARTS) is 1. The van der Waals surface area contributed by atoms with Crippen LogP contribution in [-0.2, 0) is 16.0 Å². The fourth-order valence-corrected chi connectivity index (χ4v) is 3.08. The van der Waals surface area contributed by atoms with Crippen molar-refractivity contribution in [2.24, 2.45) is 5.92 Å². The van der Waals surface area contributed by atoms with E-state index in [0.717, 1.165) is 17.5 Å². The molecule has 2 unspecified atom stereocenters. The van der Waals surface area contributed by atoms with Gasteiger partial charge < -0.3 is 10.4 Å². The first-order valence-electron chi connectivity index (χ1n) is 7.90. The number of benzene rings is 2. The molecule has 1 aliphatic rings. The SMILES string of the molecule is O=C(O)CCc1cccc(NC(=O)C2CC2c2cccc(Cl)c2)c1. The summed E-state index contributed by atoms with van der Waals surface area (Å²) in [4.78, 5) is 23.0. The van der Waals surface area contributed by atoms with Gasteiger partial charge in [-0.3, -0.25) is 9.59 Å². The molecule has 0 bridgehead atoms. The van der Waals surface area contributed by atoms with Crippen LogP contribution in [-0.4, -0.2) is 17.0 Å². The molecule has 0 radical (unpaired) electrons. The molecule has 5 heteroatoms. The van der Waals surface area contributed by atoms with E-state index in [0.29, 0.717) is 17.1 Å². The first-order valence-corrected chi connectivity index (χ1v) is 8.28. The molecule has 24 heavy (non-hydrogen) atoms. The van der Waals surface area contributed by atoms with Gasteiger partial charge in [-0.15, -0.1) is 0 Å². The summed E-state index contributed by atoms with van der Waals surface area (Å²) in [5.41, 5.74) is 2.70. The Hall–Kier alpha value is -2.33. The number of aryl methyl sites for hydroxylation is 1. The van der Waals surface area contributed by atoms with E-state index in [1.165, 1.54) is 0 Å². The molecule has 2 atom stereocenters. The molecule has 2 aromatic carbocycles. The van der Waals surface area contributed by atoms with Crippen LogP contribution >= 0.6 is 11.6 Å². The summed E-state index contributed by atoms with van der Waals surface area (Å²) in [7, 11) is 0. The fraction of sp³-hybridized carbons (Fsp3) is 0.263. The Morgan fingerprint density at radius 1 is 1.17 bits per heavy atom. The maximum absolute atomic E-state index is 12.4. The molecule has 124 valence electrons. The van der Waals surface area contributed by atoms with Crippen molar-refractivity contribution >= 4 is 29.2 Å². The first kappa shape index (κ1) is 16.5. The van der Waals surface area contributed by atoms with Crippen molar-refractivity contribution < 1.29 is 14.7 Å². The zero-order chi connectivity index (χ0) is 17.1. The van der Waals surface area contributed by atoms with E-state index in [1.54, 1.807) is 0 Å². The fourth-order valence-electron chi connectivity index (χ4n) is 2.88. The summed E-state index contributed by atoms with van der Waals surface area (Å²) in [6.45, 7) is 0. The van der Waals surface area contributed by atoms with E-state index in [4.69, 9.17) is 16.7 Å². The number of carbonyl (C=O) groups excluding carboxylic acids is 1. The average Bonchev–Trinajstić information content (AvgIpc) is 3.34. The maximum Gasteiger partial charge on any atom is 0.303 e. The molecule has 0 heterocycles. The van der Waals surface area contributed by atoms with Gasteiger partial charge in [0.05, 0.1) is 0 Å². The van der Waals surface area contributed by atoms with E-state index >= 15 is 0 Å². The Labute approximate surface area is 145 Å². The summed E-state index contributed by atoms with van der Waals surface area (Å²) in [5, 5.41) is 12.4. The molecule has 1 fully saturated rings. The lowest BCUT2D eigenvalue weighted by Crippen LogP contribution is -2.14. The highest BCUT2D eigenvalue weighted by Crippen LogP contribution is 2.48. The molecule has 2 aromatic rings. The molecule has 2 N–H and O–H groups in total. The Bertz CT molecular complexity index is 775. The van der Waals surface area contributed by atoms with Crippen molar-refractivity contribution in [3.05, 3.63) is 64.7 Å². The number of hydrogen-bond donors (Lipinski definition) is 2. The predicted molar refractivity (Wildman–Crippen MR) is 93.3 cm³/mol. The number of aliphatic carboxylic acids is 1. The highest BCUT2D eigenvalue weighted by molar-refractivity contribution is 6.30. The Morgan fingerprint density at radius 2 is 1.96 bits per heavy atom. The molecule has 0 aliphatic heterocycles. The number of anilines is 1. The van der Waals surface area contributed by atoms with E-state index < -0.39 is 5.97 Å². The summed E-state index contributed by atoms with van der Waals surface area (Å²) in [6, 6.07) is 15.0. The molecule has 4 nitrogen and oxygen atoms in total. The summed E-state index contributed by atoms with van der Waals surface area (Å²) >= 11 is 6.00. The van der Waals surface area contributed by atoms with Gasteiger partial charge in [0.2, 0.25) is 5.91 Å². The van der Waals surface area contributed by atoms with E-state index in [-0.39, 0.29) is 24.2 Å². The Kier molecular flexibility index (Phi) is 4.86. The minimum atomic E-state index is -0.827. The molecular formula is C19H18ClNO3. The normalized spacial score (nSPS) is 18.9. The van der Waals surface area contributed by atoms with Crippen LogP contribution in [0.5, 0.6) is 0 Å². The third-order valence-electron chi connectivity index (χ3n) is 4.23. The molecule has 0 spiro atoms. The van der Waals surface area contributed by atoms with Gasteiger partial charge in [0.25, 0.3) is 0 Å². The van der Waals surface area contributed by atoms with Crippen LogP contribution in [0.2, 0.25) is 5.02 Å². The van der Waals surface area contributed by atoms with E-state index in [2.05, 4.69) is 5.32 Å². The molecule has 1 aliphatic carbocycles. The minimum absolute atomic E-state index is 0.00430. The largest absolute Gasteiger partial charge is 0.481 e. The van der Waals surface area contributed by atoms with Crippen LogP contribution in [0.15, 0.2) is 48.5 Å². The highest BCUT2D eigenvalue weighted by atomic mass is 35.5. The highest BCUT2D eigenvalue weighted by Gasteiger charge is 2.43. The number of carbonyl (C=O) groups is 2. The van der Waals surface area contributed by atoms with Gasteiger partial charge in [-0.1, -0.05) is 35.9 Å². The molecule has 1 saturated carbocycles. The summed E-state index contributed by atoms with van der Waals surface area (Å²) in [5.74, 6) is -0.646. The number of amides is 1. The van der Waals surface area contributed by atoms with Crippen LogP contribution in [0.3, 0.4) is 0 Å². The number of carboxylic acids is 1. The van der Waals surface area contributed by atoms with Crippen LogP contribution in [0.25, 0.3) is 0 Å². The van der Waals surface area contributed by atoms with Crippen molar-refractivity contribution in [3.8, 4) is 0 Å². The molecule has 0 aromatic heterocycles. The van der Waals surface area contributed by atoms with Crippen molar-refractivity contribution in [1.29, 1.82) is 0 Å². The first-order chi connectivity index (χ1) is 11.5. The van der Waals surface area contributed by atoms with Crippen molar-refractivity contribution in [2.75, 3.05) is 5.32 Å². The lowest BCUT2D eigenvalue weighted by Gasteiger charge is -2.07. The lowest BCUT2D eigenvalue weighted by atomic mass is 10.1. The second-order valence-electron chi connectivity index (χ2n) is 6.09. The predicted octanol–water partition coefficient (Wildman–Crippen LogP) is 4.10. The van der Waals surface area contributed by atoms with Crippen LogP contribution in [0, 0.1) is 5.92 Å². The van der Waals surface area contributed by atoms with Gasteiger partial charge in [-0.05, 0) is 54.2 Å². The smallest absolute Gasteiger partial charge is 0.303 e. The maximum atomic E-state index is 12.4. The lowest BCUT2D eigenvalue weighted by molar-refractivity contribution is -0.137. The van der Waals surface area contributed by atoms with Crippen LogP contribution in [0.4, 0.5) is 5.69 Å². The molecule has 3 rings (SSSR count). The molecule has 0 saturated heterocycles. The second kappa shape index (κ2) is 7.05. The minimum Gasteiger partial charge on any atom is -0.481 e. The van der Waals surface area contributed by atoms with Gasteiger partial charge in [0.15, 0.2) is 0 Å². The quantitative estimate of drug-likeness (QED) is 0.829. The standard InChI is InChI=1S/C19H18ClNO3/c20-14-5-2-4-13(10-14)16-11-17(16)19(24)21-15-6-1-3-12(9-15)7-8-18(22)23/h1-6,9-10,16-17H,7-8,11H2,(H,21,24)(H,22,23). The van der Waals surface area contributed by atoms with Crippen molar-refractivity contribution in [1.82, 2.24) is 0 Å². The van der Waals surface area contributed by atoms with Crippen LogP contribution < -0.4 is 5.32 Å². The third kappa shape index (κ3) is 4.15. The molecular weight excluding hydrogens is 326 g/mol. The topological polar surface area (TPSA) is 66.4 Å². The summed E-state index contributed by atoms with van der Waals surface area (Å²) < 4.78 is 0. The Balaban J connectivity index is 1.60. The van der Waals surface area contributed by atoms with E-state index in [1.807, 2.05) is 48.5 Å². The summed E-state index contributed by atoms with van der Waals surface area (Å²) in [6.07, 6.45) is 1.36. The van der Waals surface area contributed by atoms with Crippen LogP contribution in [0.1, 0.15) is 29.9 Å². The average molecular weight is 344 g/mol. The number of nitrogens with one attached hydrogen (secondary N) is 1. The van der Waals surface area contributed by atoms with Crippen molar-refractivity contribution in [2.45, 2.75) is 25.2 Å². The second-order valence-corrected chi connectivity index (χ2v) is 6.52. The monoisotopic (exact) mass is 343 g/mol. The van der Waals surface area contributed by atoms with Gasteiger partial charge in [0.1, 0.15) is 0 Å². The number of hydrogen-bond acceptors (Lipinski definition) is 2. The zero-order valence-corrected chi connectivity index (χ0v) is 13.8. The number of rotatable bonds is 6. The Morgan fingerprint density at radius 3 is 2.71 bits per heavy atom.